The van der Waals surface area contributed by atoms with Crippen LogP contribution in [0.25, 0.3) is 6.08 Å². The standard InChI is InChI=1S/C12H11NO4S.K/c1-16-8-4-3-7(5-9(8)17-2)6-10-11(14)13-12(15)18-10;/h3-6H,1-2H3,(H,13,14,15);/p-1/b10-6-;. The Balaban J connectivity index is 0.00000180. The fourth-order valence-electron chi connectivity index (χ4n) is 1.48. The summed E-state index contributed by atoms with van der Waals surface area (Å²) in [7, 11) is 3.08. The fourth-order valence-corrected chi connectivity index (χ4v) is 2.13. The Labute approximate surface area is 157 Å². The van der Waals surface area contributed by atoms with Crippen molar-refractivity contribution in [2.75, 3.05) is 14.2 Å². The predicted octanol–water partition coefficient (Wildman–Crippen LogP) is 0.654. The number of carbonyl (C=O) groups is 1. The zero-order chi connectivity index (χ0) is 13.1. The molecule has 95 valence electrons. The van der Waals surface area contributed by atoms with Gasteiger partial charge in [-0.1, -0.05) is 17.8 Å². The second-order valence-electron chi connectivity index (χ2n) is 3.41. The maximum absolute atomic E-state index is 11.3. The first-order chi connectivity index (χ1) is 8.63. The maximum Gasteiger partial charge on any atom is 0.283 e. The van der Waals surface area contributed by atoms with E-state index in [1.807, 2.05) is 0 Å². The van der Waals surface area contributed by atoms with E-state index in [9.17, 15) is 9.90 Å². The van der Waals surface area contributed by atoms with Gasteiger partial charge in [-0.15, -0.1) is 0 Å². The molecule has 19 heavy (non-hydrogen) atoms. The molecule has 0 unspecified atom stereocenters. The summed E-state index contributed by atoms with van der Waals surface area (Å²) in [4.78, 5) is 15.0. The molecular weight excluding hydrogens is 293 g/mol. The number of hydrogen-bond donors (Lipinski definition) is 0. The van der Waals surface area contributed by atoms with E-state index < -0.39 is 11.1 Å². The van der Waals surface area contributed by atoms with Crippen molar-refractivity contribution in [1.29, 1.82) is 0 Å². The van der Waals surface area contributed by atoms with Gasteiger partial charge in [-0.25, -0.2) is 4.99 Å². The minimum Gasteiger partial charge on any atom is -0.853 e. The summed E-state index contributed by atoms with van der Waals surface area (Å²) in [5.74, 6) is 0.663. The molecule has 1 radical (unpaired) electrons. The number of benzene rings is 1. The third-order valence-electron chi connectivity index (χ3n) is 2.31. The van der Waals surface area contributed by atoms with Gasteiger partial charge in [-0.3, -0.25) is 4.79 Å². The topological polar surface area (TPSA) is 71.0 Å². The van der Waals surface area contributed by atoms with Crippen LogP contribution in [0.2, 0.25) is 0 Å². The van der Waals surface area contributed by atoms with Gasteiger partial charge in [-0.05, 0) is 23.8 Å². The van der Waals surface area contributed by atoms with Gasteiger partial charge in [0.1, 0.15) is 0 Å². The second-order valence-corrected chi connectivity index (χ2v) is 4.40. The Morgan fingerprint density at radius 3 is 2.47 bits per heavy atom. The van der Waals surface area contributed by atoms with E-state index in [2.05, 4.69) is 4.99 Å². The van der Waals surface area contributed by atoms with Crippen LogP contribution in [-0.2, 0) is 4.79 Å². The second kappa shape index (κ2) is 7.46. The number of rotatable bonds is 3. The van der Waals surface area contributed by atoms with E-state index in [4.69, 9.17) is 9.47 Å². The Hall–Kier alpha value is -0.314. The molecule has 2 rings (SSSR count). The summed E-state index contributed by atoms with van der Waals surface area (Å²) >= 11 is 0.826. The maximum atomic E-state index is 11.3. The summed E-state index contributed by atoms with van der Waals surface area (Å²) in [6.07, 6.45) is 1.60. The van der Waals surface area contributed by atoms with Crippen molar-refractivity contribution in [1.82, 2.24) is 0 Å². The minimum atomic E-state index is -0.500. The van der Waals surface area contributed by atoms with E-state index >= 15 is 0 Å². The number of thioether (sulfide) groups is 1. The van der Waals surface area contributed by atoms with Crippen LogP contribution in [0, 0.1) is 0 Å². The molecule has 1 aliphatic rings. The van der Waals surface area contributed by atoms with Gasteiger partial charge in [0, 0.05) is 56.6 Å². The molecule has 1 aromatic rings. The number of hydrogen-bond acceptors (Lipinski definition) is 5. The van der Waals surface area contributed by atoms with Gasteiger partial charge in [0.25, 0.3) is 5.91 Å². The fraction of sp³-hybridized carbons (Fsp3) is 0.167. The number of ether oxygens (including phenoxy) is 2. The summed E-state index contributed by atoms with van der Waals surface area (Å²) in [6, 6.07) is 5.22. The first-order valence-electron chi connectivity index (χ1n) is 5.05. The Bertz CT molecular complexity index is 557. The molecule has 0 atom stereocenters. The van der Waals surface area contributed by atoms with E-state index in [0.717, 1.165) is 17.3 Å². The van der Waals surface area contributed by atoms with Gasteiger partial charge in [0.05, 0.1) is 19.1 Å². The van der Waals surface area contributed by atoms with Gasteiger partial charge >= 0.3 is 0 Å². The monoisotopic (exact) mass is 303 g/mol. The molecule has 5 nitrogen and oxygen atoms in total. The Kier molecular flexibility index (Phi) is 6.58. The number of amides is 1. The molecule has 0 aliphatic carbocycles. The van der Waals surface area contributed by atoms with Crippen molar-refractivity contribution in [3.8, 4) is 11.5 Å². The van der Waals surface area contributed by atoms with Crippen LogP contribution in [0.15, 0.2) is 28.1 Å². The number of nitrogens with zero attached hydrogens (tertiary/aromatic N) is 1. The quantitative estimate of drug-likeness (QED) is 0.606. The van der Waals surface area contributed by atoms with Gasteiger partial charge in [-0.2, -0.15) is 0 Å². The van der Waals surface area contributed by atoms with Crippen molar-refractivity contribution >= 4 is 80.4 Å². The average molecular weight is 303 g/mol. The number of carbonyl (C=O) groups excluding carboxylic acids is 1. The molecule has 7 heteroatoms. The molecule has 0 N–H and O–H groups in total. The third-order valence-corrected chi connectivity index (χ3v) is 3.08. The summed E-state index contributed by atoms with van der Waals surface area (Å²) in [5, 5.41) is 10.5. The molecule has 0 spiro atoms. The molecular formula is C12H10KNO4S-. The van der Waals surface area contributed by atoms with Crippen LogP contribution in [0.1, 0.15) is 5.56 Å². The smallest absolute Gasteiger partial charge is 0.283 e. The van der Waals surface area contributed by atoms with E-state index in [1.54, 1.807) is 31.4 Å². The molecule has 0 bridgehead atoms. The van der Waals surface area contributed by atoms with Crippen LogP contribution >= 0.6 is 11.8 Å². The molecule has 0 fully saturated rings. The molecule has 1 aromatic carbocycles. The van der Waals surface area contributed by atoms with Crippen LogP contribution < -0.4 is 14.6 Å². The van der Waals surface area contributed by atoms with Crippen molar-refractivity contribution in [2.24, 2.45) is 4.99 Å². The molecule has 0 saturated heterocycles. The van der Waals surface area contributed by atoms with Crippen LogP contribution in [-0.4, -0.2) is 76.7 Å². The van der Waals surface area contributed by atoms with Crippen molar-refractivity contribution in [2.45, 2.75) is 0 Å². The summed E-state index contributed by atoms with van der Waals surface area (Å²) < 4.78 is 10.3. The van der Waals surface area contributed by atoms with Gasteiger partial charge < -0.3 is 14.6 Å². The number of methoxy groups -OCH3 is 2. The average Bonchev–Trinajstić information content (AvgIpc) is 2.67. The zero-order valence-corrected chi connectivity index (χ0v) is 14.7. The van der Waals surface area contributed by atoms with Crippen LogP contribution in [0.5, 0.6) is 11.5 Å². The predicted molar refractivity (Wildman–Crippen MR) is 73.3 cm³/mol. The van der Waals surface area contributed by atoms with Crippen molar-refractivity contribution in [3.05, 3.63) is 28.7 Å². The molecule has 0 aromatic heterocycles. The first-order valence-corrected chi connectivity index (χ1v) is 5.87. The zero-order valence-electron chi connectivity index (χ0n) is 10.8. The SMILES string of the molecule is COc1ccc(/C=C2\SC([O-])=NC2=O)cc1OC.[K]. The van der Waals surface area contributed by atoms with Gasteiger partial charge in [0.15, 0.2) is 11.5 Å². The molecule has 1 heterocycles. The molecule has 1 aliphatic heterocycles. The molecule has 0 saturated carbocycles. The van der Waals surface area contributed by atoms with Crippen molar-refractivity contribution < 1.29 is 19.4 Å². The van der Waals surface area contributed by atoms with Crippen LogP contribution in [0.4, 0.5) is 0 Å². The Morgan fingerprint density at radius 1 is 1.26 bits per heavy atom. The van der Waals surface area contributed by atoms with Crippen LogP contribution in [0.3, 0.4) is 0 Å². The largest absolute Gasteiger partial charge is 0.853 e. The normalized spacial score (nSPS) is 16.0. The summed E-state index contributed by atoms with van der Waals surface area (Å²) in [6.45, 7) is 0. The minimum absolute atomic E-state index is 0. The molecule has 1 amide bonds. The van der Waals surface area contributed by atoms with E-state index in [0.29, 0.717) is 16.4 Å². The van der Waals surface area contributed by atoms with E-state index in [-0.39, 0.29) is 51.4 Å². The van der Waals surface area contributed by atoms with E-state index in [1.165, 1.54) is 7.11 Å². The third kappa shape index (κ3) is 4.07. The first kappa shape index (κ1) is 16.7. The number of aliphatic imine (C=N–C) groups is 1. The Morgan fingerprint density at radius 2 is 1.95 bits per heavy atom. The van der Waals surface area contributed by atoms with Gasteiger partial charge in [0.2, 0.25) is 0 Å². The van der Waals surface area contributed by atoms with Crippen molar-refractivity contribution in [3.63, 3.8) is 0 Å². The summed E-state index contributed by atoms with van der Waals surface area (Å²) in [5.41, 5.74) is 0.744.